The van der Waals surface area contributed by atoms with E-state index in [1.165, 1.54) is 7.11 Å². The fourth-order valence-corrected chi connectivity index (χ4v) is 7.88. The number of carbonyl (C=O) groups excluding carboxylic acids is 2. The van der Waals surface area contributed by atoms with Gasteiger partial charge >= 0.3 is 11.9 Å². The molecule has 1 saturated heterocycles. The molecule has 3 N–H and O–H groups in total. The van der Waals surface area contributed by atoms with E-state index >= 15 is 0 Å². The number of ether oxygens (including phenoxy) is 4. The van der Waals surface area contributed by atoms with Crippen LogP contribution in [0.2, 0.25) is 0 Å². The third-order valence-electron chi connectivity index (χ3n) is 10.0. The molecule has 40 heavy (non-hydrogen) atoms. The highest BCUT2D eigenvalue weighted by Gasteiger charge is 2.69. The van der Waals surface area contributed by atoms with Gasteiger partial charge in [0.05, 0.1) is 6.10 Å². The number of carbonyl (C=O) groups is 2. The van der Waals surface area contributed by atoms with Crippen molar-refractivity contribution in [2.45, 2.75) is 95.2 Å². The van der Waals surface area contributed by atoms with Crippen LogP contribution in [0.5, 0.6) is 0 Å². The van der Waals surface area contributed by atoms with Crippen molar-refractivity contribution in [3.8, 4) is 0 Å². The summed E-state index contributed by atoms with van der Waals surface area (Å²) in [5.74, 6) is -1.92. The fraction of sp³-hybridized carbons (Fsp3) is 0.677. The van der Waals surface area contributed by atoms with Crippen LogP contribution in [0.3, 0.4) is 0 Å². The molecule has 2 saturated carbocycles. The number of cyclic esters (lactones) is 1. The van der Waals surface area contributed by atoms with Crippen LogP contribution in [-0.4, -0.2) is 77.3 Å². The first-order valence-electron chi connectivity index (χ1n) is 14.7. The van der Waals surface area contributed by atoms with Crippen molar-refractivity contribution in [3.63, 3.8) is 0 Å². The predicted molar refractivity (Wildman–Crippen MR) is 146 cm³/mol. The molecule has 1 spiro atoms. The minimum atomic E-state index is -0.869. The number of hydrogen-bond acceptors (Lipinski definition) is 8. The molecule has 9 nitrogen and oxygen atoms in total. The third kappa shape index (κ3) is 4.46. The Morgan fingerprint density at radius 3 is 2.73 bits per heavy atom. The monoisotopic (exact) mass is 554 g/mol. The van der Waals surface area contributed by atoms with Gasteiger partial charge in [0.25, 0.3) is 0 Å². The molecule has 1 aromatic rings. The van der Waals surface area contributed by atoms with Crippen LogP contribution in [0.1, 0.15) is 57.4 Å². The molecule has 3 fully saturated rings. The zero-order chi connectivity index (χ0) is 28.3. The molecule has 12 atom stereocenters. The summed E-state index contributed by atoms with van der Waals surface area (Å²) in [4.78, 5) is 29.3. The Kier molecular flexibility index (Phi) is 7.22. The van der Waals surface area contributed by atoms with E-state index in [2.05, 4.69) is 49.3 Å². The summed E-state index contributed by atoms with van der Waals surface area (Å²) in [5, 5.41) is 15.4. The first-order chi connectivity index (χ1) is 19.1. The third-order valence-corrected chi connectivity index (χ3v) is 10.0. The standard InChI is InChI=1S/C31H42N2O7/c1-15-13-16(2)31-19(14-23(37-5)30(36)38-26(15)18(4)33-20-9-10-20)8-11-21-24(31)25(34)17(3)27(28(21)40-31)39-29(35)22-7-6-12-32-22/h6-8,11-13,15,17-21,23-28,32-34H,9-10,14H2,1-5H3/b16-13+/t15-,17-,18?,19?,21-,23+,24+,25-,26+,27-,28-,31+/m1/s1. The number of H-pyrrole nitrogens is 1. The van der Waals surface area contributed by atoms with Crippen LogP contribution >= 0.6 is 0 Å². The molecule has 3 aliphatic carbocycles. The molecule has 2 aliphatic heterocycles. The van der Waals surface area contributed by atoms with Crippen LogP contribution in [0.4, 0.5) is 0 Å². The Hall–Kier alpha value is -2.46. The van der Waals surface area contributed by atoms with Crippen molar-refractivity contribution in [1.82, 2.24) is 10.3 Å². The normalized spacial score (nSPS) is 44.6. The van der Waals surface area contributed by atoms with E-state index in [9.17, 15) is 14.7 Å². The summed E-state index contributed by atoms with van der Waals surface area (Å²) in [6.07, 6.45) is 7.65. The van der Waals surface area contributed by atoms with Gasteiger partial charge in [0, 0.05) is 55.0 Å². The number of nitrogens with one attached hydrogen (secondary N) is 2. The van der Waals surface area contributed by atoms with Crippen LogP contribution in [-0.2, 0) is 23.7 Å². The summed E-state index contributed by atoms with van der Waals surface area (Å²) < 4.78 is 24.9. The van der Waals surface area contributed by atoms with Crippen molar-refractivity contribution >= 4 is 11.9 Å². The van der Waals surface area contributed by atoms with Crippen molar-refractivity contribution in [2.75, 3.05) is 7.11 Å². The zero-order valence-electron chi connectivity index (χ0n) is 23.9. The Balaban J connectivity index is 1.38. The zero-order valence-corrected chi connectivity index (χ0v) is 23.9. The molecule has 218 valence electrons. The molecule has 4 bridgehead atoms. The first-order valence-corrected chi connectivity index (χ1v) is 14.7. The van der Waals surface area contributed by atoms with Crippen LogP contribution in [0.25, 0.3) is 0 Å². The second-order valence-corrected chi connectivity index (χ2v) is 12.6. The van der Waals surface area contributed by atoms with Gasteiger partial charge in [-0.1, -0.05) is 32.1 Å². The second kappa shape index (κ2) is 10.4. The largest absolute Gasteiger partial charge is 0.458 e. The topological polar surface area (TPSA) is 119 Å². The molecular weight excluding hydrogens is 512 g/mol. The summed E-state index contributed by atoms with van der Waals surface area (Å²) in [6.45, 7) is 8.13. The van der Waals surface area contributed by atoms with Gasteiger partial charge in [0.2, 0.25) is 0 Å². The van der Waals surface area contributed by atoms with Gasteiger partial charge in [-0.3, -0.25) is 0 Å². The number of aliphatic hydroxyl groups excluding tert-OH is 1. The summed E-state index contributed by atoms with van der Waals surface area (Å²) in [5.41, 5.74) is 0.498. The van der Waals surface area contributed by atoms with E-state index in [1.54, 1.807) is 18.3 Å². The lowest BCUT2D eigenvalue weighted by Gasteiger charge is -2.49. The van der Waals surface area contributed by atoms with E-state index in [0.717, 1.165) is 18.4 Å². The van der Waals surface area contributed by atoms with Crippen molar-refractivity contribution in [2.24, 2.45) is 29.6 Å². The molecule has 6 rings (SSSR count). The SMILES string of the molecule is CO[C@H]1CC2C=C[C@H]3[C@H]4O[C@]2(/C(C)=C/[C@@H](C)[C@@H](C(C)NC2CC2)OC1=O)[C@@H]3[C@H](O)[C@@H](C)[C@H]4OC(=O)c1ccc[nH]1. The van der Waals surface area contributed by atoms with Gasteiger partial charge in [-0.25, -0.2) is 9.59 Å². The van der Waals surface area contributed by atoms with Gasteiger partial charge in [-0.15, -0.1) is 0 Å². The average Bonchev–Trinajstić information content (AvgIpc) is 3.50. The second-order valence-electron chi connectivity index (χ2n) is 12.6. The quantitative estimate of drug-likeness (QED) is 0.363. The van der Waals surface area contributed by atoms with Crippen LogP contribution in [0, 0.1) is 29.6 Å². The van der Waals surface area contributed by atoms with E-state index < -0.39 is 36.0 Å². The Morgan fingerprint density at radius 1 is 1.27 bits per heavy atom. The maximum Gasteiger partial charge on any atom is 0.355 e. The van der Waals surface area contributed by atoms with Gasteiger partial charge in [0.1, 0.15) is 29.6 Å². The Morgan fingerprint density at radius 2 is 2.05 bits per heavy atom. The van der Waals surface area contributed by atoms with Crippen molar-refractivity contribution < 1.29 is 33.6 Å². The van der Waals surface area contributed by atoms with Crippen molar-refractivity contribution in [3.05, 3.63) is 47.8 Å². The molecular formula is C31H42N2O7. The summed E-state index contributed by atoms with van der Waals surface area (Å²) in [6, 6.07) is 3.85. The number of methoxy groups -OCH3 is 1. The number of aromatic amines is 1. The van der Waals surface area contributed by atoms with E-state index in [4.69, 9.17) is 18.9 Å². The minimum absolute atomic E-state index is 0.0362. The van der Waals surface area contributed by atoms with E-state index in [0.29, 0.717) is 18.2 Å². The number of rotatable bonds is 6. The maximum absolute atomic E-state index is 13.4. The molecule has 5 aliphatic rings. The highest BCUT2D eigenvalue weighted by molar-refractivity contribution is 5.87. The maximum atomic E-state index is 13.4. The minimum Gasteiger partial charge on any atom is -0.458 e. The highest BCUT2D eigenvalue weighted by Crippen LogP contribution is 2.61. The Bertz CT molecular complexity index is 1180. The van der Waals surface area contributed by atoms with Crippen LogP contribution < -0.4 is 5.32 Å². The lowest BCUT2D eigenvalue weighted by molar-refractivity contribution is -0.167. The predicted octanol–water partition coefficient (Wildman–Crippen LogP) is 3.16. The lowest BCUT2D eigenvalue weighted by Crippen LogP contribution is -2.57. The Labute approximate surface area is 235 Å². The van der Waals surface area contributed by atoms with Gasteiger partial charge < -0.3 is 34.4 Å². The fourth-order valence-electron chi connectivity index (χ4n) is 7.88. The first kappa shape index (κ1) is 27.7. The van der Waals surface area contributed by atoms with Gasteiger partial charge in [-0.05, 0) is 50.8 Å². The lowest BCUT2D eigenvalue weighted by atomic mass is 9.57. The molecule has 9 heteroatoms. The number of esters is 2. The summed E-state index contributed by atoms with van der Waals surface area (Å²) in [7, 11) is 1.54. The molecule has 2 unspecified atom stereocenters. The molecule has 3 heterocycles. The molecule has 0 aromatic carbocycles. The smallest absolute Gasteiger partial charge is 0.355 e. The molecule has 0 amide bonds. The molecule has 1 aromatic heterocycles. The van der Waals surface area contributed by atoms with Gasteiger partial charge in [0.15, 0.2) is 6.10 Å². The average molecular weight is 555 g/mol. The molecule has 0 radical (unpaired) electrons. The number of aromatic nitrogens is 1. The summed E-state index contributed by atoms with van der Waals surface area (Å²) >= 11 is 0. The van der Waals surface area contributed by atoms with Crippen molar-refractivity contribution in [1.29, 1.82) is 0 Å². The number of hydrogen-bond donors (Lipinski definition) is 3. The van der Waals surface area contributed by atoms with E-state index in [1.807, 2.05) is 6.92 Å². The van der Waals surface area contributed by atoms with Gasteiger partial charge in [-0.2, -0.15) is 0 Å². The van der Waals surface area contributed by atoms with Crippen LogP contribution in [0.15, 0.2) is 42.1 Å². The van der Waals surface area contributed by atoms with E-state index in [-0.39, 0.29) is 47.7 Å². The highest BCUT2D eigenvalue weighted by atomic mass is 16.6. The number of aliphatic hydroxyl groups is 1.